The summed E-state index contributed by atoms with van der Waals surface area (Å²) in [6.07, 6.45) is 0.750. The molecule has 2 heterocycles. The van der Waals surface area contributed by atoms with Crippen molar-refractivity contribution in [2.75, 3.05) is 0 Å². The Morgan fingerprint density at radius 1 is 1.38 bits per heavy atom. The fourth-order valence-electron chi connectivity index (χ4n) is 1.50. The molecule has 0 aromatic carbocycles. The number of nitrogens with zero attached hydrogens (tertiary/aromatic N) is 1. The first-order chi connectivity index (χ1) is 9.97. The number of nitrogens with one attached hydrogen (secondary N) is 1. The van der Waals surface area contributed by atoms with Crippen molar-refractivity contribution in [3.8, 4) is 10.8 Å². The lowest BCUT2D eigenvalue weighted by Crippen LogP contribution is -2.42. The molecule has 2 aromatic heterocycles. The number of furan rings is 1. The molecule has 0 aliphatic rings. The highest BCUT2D eigenvalue weighted by Gasteiger charge is 2.24. The smallest absolute Gasteiger partial charge is 0.326 e. The minimum absolute atomic E-state index is 0.00281. The van der Waals surface area contributed by atoms with E-state index in [1.54, 1.807) is 12.1 Å². The van der Waals surface area contributed by atoms with Gasteiger partial charge in [-0.2, -0.15) is 0 Å². The minimum atomic E-state index is -1.51. The molecule has 0 unspecified atom stereocenters. The maximum Gasteiger partial charge on any atom is 0.326 e. The van der Waals surface area contributed by atoms with Crippen molar-refractivity contribution in [1.82, 2.24) is 10.3 Å². The first kappa shape index (κ1) is 14.7. The van der Waals surface area contributed by atoms with Crippen LogP contribution >= 0.6 is 11.3 Å². The molecule has 0 fully saturated rings. The largest absolute Gasteiger partial charge is 0.481 e. The third-order valence-electron chi connectivity index (χ3n) is 2.45. The van der Waals surface area contributed by atoms with Gasteiger partial charge in [-0.1, -0.05) is 0 Å². The lowest BCUT2D eigenvalue weighted by atomic mass is 10.2. The van der Waals surface area contributed by atoms with Gasteiger partial charge in [0.15, 0.2) is 10.8 Å². The van der Waals surface area contributed by atoms with Gasteiger partial charge in [-0.15, -0.1) is 11.3 Å². The van der Waals surface area contributed by atoms with Crippen molar-refractivity contribution >= 4 is 29.2 Å². The molecule has 0 aliphatic carbocycles. The van der Waals surface area contributed by atoms with Crippen LogP contribution in [0, 0.1) is 0 Å². The van der Waals surface area contributed by atoms with Crippen LogP contribution in [0.2, 0.25) is 0 Å². The van der Waals surface area contributed by atoms with Gasteiger partial charge in [0.05, 0.1) is 12.7 Å². The summed E-state index contributed by atoms with van der Waals surface area (Å²) >= 11 is 1.16. The highest BCUT2D eigenvalue weighted by Crippen LogP contribution is 2.23. The Morgan fingerprint density at radius 3 is 2.71 bits per heavy atom. The van der Waals surface area contributed by atoms with Crippen molar-refractivity contribution < 1.29 is 29.0 Å². The summed E-state index contributed by atoms with van der Waals surface area (Å²) in [6.45, 7) is 0. The zero-order valence-electron chi connectivity index (χ0n) is 10.5. The van der Waals surface area contributed by atoms with Crippen molar-refractivity contribution in [2.24, 2.45) is 0 Å². The van der Waals surface area contributed by atoms with Crippen LogP contribution in [0.4, 0.5) is 0 Å². The minimum Gasteiger partial charge on any atom is -0.481 e. The van der Waals surface area contributed by atoms with Crippen LogP contribution in [0.5, 0.6) is 0 Å². The van der Waals surface area contributed by atoms with Crippen LogP contribution in [-0.4, -0.2) is 39.1 Å². The Balaban J connectivity index is 2.09. The molecule has 2 aromatic rings. The Kier molecular flexibility index (Phi) is 4.33. The van der Waals surface area contributed by atoms with Crippen molar-refractivity contribution in [3.63, 3.8) is 0 Å². The monoisotopic (exact) mass is 310 g/mol. The van der Waals surface area contributed by atoms with Crippen molar-refractivity contribution in [2.45, 2.75) is 12.5 Å². The molecule has 1 atom stereocenters. The van der Waals surface area contributed by atoms with Gasteiger partial charge < -0.3 is 19.9 Å². The van der Waals surface area contributed by atoms with Crippen molar-refractivity contribution in [3.05, 3.63) is 29.5 Å². The molecule has 2 rings (SSSR count). The molecule has 0 saturated heterocycles. The Morgan fingerprint density at radius 2 is 2.14 bits per heavy atom. The second kappa shape index (κ2) is 6.18. The van der Waals surface area contributed by atoms with Crippen LogP contribution in [0.15, 0.2) is 28.2 Å². The van der Waals surface area contributed by atoms with Gasteiger partial charge in [-0.3, -0.25) is 9.59 Å². The highest BCUT2D eigenvalue weighted by atomic mass is 32.1. The zero-order valence-corrected chi connectivity index (χ0v) is 11.3. The summed E-state index contributed by atoms with van der Waals surface area (Å²) in [5, 5.41) is 21.5. The van der Waals surface area contributed by atoms with Crippen LogP contribution in [0.1, 0.15) is 16.9 Å². The number of rotatable bonds is 6. The number of carbonyl (C=O) groups excluding carboxylic acids is 1. The molecule has 9 heteroatoms. The third-order valence-corrected chi connectivity index (χ3v) is 3.31. The van der Waals surface area contributed by atoms with E-state index in [2.05, 4.69) is 10.3 Å². The van der Waals surface area contributed by atoms with E-state index in [0.717, 1.165) is 11.3 Å². The van der Waals surface area contributed by atoms with E-state index in [4.69, 9.17) is 14.6 Å². The molecule has 0 radical (unpaired) electrons. The van der Waals surface area contributed by atoms with E-state index in [1.165, 1.54) is 11.6 Å². The van der Waals surface area contributed by atoms with E-state index in [-0.39, 0.29) is 5.69 Å². The summed E-state index contributed by atoms with van der Waals surface area (Å²) < 4.78 is 5.13. The number of carboxylic acid groups (broad SMARTS) is 2. The number of aromatic nitrogens is 1. The third kappa shape index (κ3) is 3.66. The van der Waals surface area contributed by atoms with Crippen molar-refractivity contribution in [1.29, 1.82) is 0 Å². The molecule has 110 valence electrons. The summed E-state index contributed by atoms with van der Waals surface area (Å²) in [4.78, 5) is 37.3. The number of hydrogen-bond acceptors (Lipinski definition) is 6. The maximum atomic E-state index is 11.9. The van der Waals surface area contributed by atoms with E-state index >= 15 is 0 Å². The van der Waals surface area contributed by atoms with Gasteiger partial charge in [0.2, 0.25) is 0 Å². The number of amides is 1. The molecule has 0 spiro atoms. The number of hydrogen-bond donors (Lipinski definition) is 3. The van der Waals surface area contributed by atoms with Gasteiger partial charge in [-0.25, -0.2) is 9.78 Å². The van der Waals surface area contributed by atoms with Gasteiger partial charge >= 0.3 is 11.9 Å². The lowest BCUT2D eigenvalue weighted by Gasteiger charge is -2.10. The number of aliphatic carboxylic acids is 2. The molecule has 1 amide bonds. The maximum absolute atomic E-state index is 11.9. The van der Waals surface area contributed by atoms with Crippen LogP contribution in [-0.2, 0) is 9.59 Å². The van der Waals surface area contributed by atoms with Gasteiger partial charge in [0, 0.05) is 5.38 Å². The number of carboxylic acids is 2. The van der Waals surface area contributed by atoms with E-state index in [1.807, 2.05) is 0 Å². The van der Waals surface area contributed by atoms with Gasteiger partial charge in [0.1, 0.15) is 11.7 Å². The molecular formula is C12H10N2O6S. The standard InChI is InChI=1S/C12H10N2O6S/c15-9(16)4-6(12(18)19)13-10(17)7-5-21-11(14-7)8-2-1-3-20-8/h1-3,5-6H,4H2,(H,13,17)(H,15,16)(H,18,19)/t6-/m1/s1. The van der Waals surface area contributed by atoms with Crippen LogP contribution < -0.4 is 5.32 Å². The Labute approximate surface area is 122 Å². The summed E-state index contributed by atoms with van der Waals surface area (Å²) in [7, 11) is 0. The normalized spacial score (nSPS) is 11.8. The van der Waals surface area contributed by atoms with Crippen LogP contribution in [0.3, 0.4) is 0 Å². The summed E-state index contributed by atoms with van der Waals surface area (Å²) in [5.41, 5.74) is 0.00281. The average molecular weight is 310 g/mol. The second-order valence-corrected chi connectivity index (χ2v) is 4.84. The van der Waals surface area contributed by atoms with Gasteiger partial charge in [-0.05, 0) is 12.1 Å². The second-order valence-electron chi connectivity index (χ2n) is 3.98. The van der Waals surface area contributed by atoms with Gasteiger partial charge in [0.25, 0.3) is 5.91 Å². The quantitative estimate of drug-likeness (QED) is 0.727. The first-order valence-electron chi connectivity index (χ1n) is 5.72. The zero-order chi connectivity index (χ0) is 15.4. The Hall–Kier alpha value is -2.68. The van der Waals surface area contributed by atoms with Crippen LogP contribution in [0.25, 0.3) is 10.8 Å². The molecule has 0 bridgehead atoms. The fraction of sp³-hybridized carbons (Fsp3) is 0.167. The van der Waals surface area contributed by atoms with E-state index in [9.17, 15) is 14.4 Å². The first-order valence-corrected chi connectivity index (χ1v) is 6.60. The topological polar surface area (TPSA) is 130 Å². The summed E-state index contributed by atoms with van der Waals surface area (Å²) in [5.74, 6) is -3.01. The SMILES string of the molecule is O=C(O)C[C@@H](NC(=O)c1csc(-c2ccco2)n1)C(=O)O. The summed E-state index contributed by atoms with van der Waals surface area (Å²) in [6, 6.07) is 1.83. The van der Waals surface area contributed by atoms with E-state index in [0.29, 0.717) is 10.8 Å². The number of carbonyl (C=O) groups is 3. The molecule has 21 heavy (non-hydrogen) atoms. The van der Waals surface area contributed by atoms with E-state index < -0.39 is 30.3 Å². The fourth-order valence-corrected chi connectivity index (χ4v) is 2.26. The molecule has 8 nitrogen and oxygen atoms in total. The number of thiazole rings is 1. The molecule has 0 saturated carbocycles. The lowest BCUT2D eigenvalue weighted by molar-refractivity contribution is -0.145. The average Bonchev–Trinajstić information content (AvgIpc) is 3.08. The molecule has 0 aliphatic heterocycles. The highest BCUT2D eigenvalue weighted by molar-refractivity contribution is 7.13. The Bertz CT molecular complexity index is 663. The molecule has 3 N–H and O–H groups in total. The predicted molar refractivity (Wildman–Crippen MR) is 71.0 cm³/mol. The predicted octanol–water partition coefficient (Wildman–Crippen LogP) is 1.06. The molecular weight excluding hydrogens is 300 g/mol.